The molecular weight excluding hydrogens is 324 g/mol. The fourth-order valence-electron chi connectivity index (χ4n) is 3.02. The van der Waals surface area contributed by atoms with Crippen LogP contribution in [0.4, 0.5) is 0 Å². The number of amides is 1. The summed E-state index contributed by atoms with van der Waals surface area (Å²) < 4.78 is 6.91. The van der Waals surface area contributed by atoms with Crippen molar-refractivity contribution in [2.24, 2.45) is 5.73 Å². The standard InChI is InChI=1S/C18H24N2O3S/c1-4-5-9-20-12(2)16(18(19)22)17(13-8-10-24-11-13)14(20)6-7-15(21)23-3/h8,10-11H,4-7,9H2,1-3H3,(H2,19,22). The summed E-state index contributed by atoms with van der Waals surface area (Å²) >= 11 is 1.57. The van der Waals surface area contributed by atoms with Crippen LogP contribution in [0, 0.1) is 6.92 Å². The molecule has 2 aromatic rings. The monoisotopic (exact) mass is 348 g/mol. The molecule has 0 unspecified atom stereocenters. The van der Waals surface area contributed by atoms with Crippen molar-refractivity contribution in [3.63, 3.8) is 0 Å². The lowest BCUT2D eigenvalue weighted by Gasteiger charge is -2.12. The van der Waals surface area contributed by atoms with Crippen molar-refractivity contribution in [2.75, 3.05) is 7.11 Å². The van der Waals surface area contributed by atoms with Gasteiger partial charge in [-0.15, -0.1) is 0 Å². The Kier molecular flexibility index (Phi) is 6.20. The number of unbranched alkanes of at least 4 members (excludes halogenated alkanes) is 1. The molecular formula is C18H24N2O3S. The van der Waals surface area contributed by atoms with Crippen LogP contribution in [0.2, 0.25) is 0 Å². The largest absolute Gasteiger partial charge is 0.469 e. The Morgan fingerprint density at radius 1 is 1.38 bits per heavy atom. The van der Waals surface area contributed by atoms with Gasteiger partial charge in [-0.1, -0.05) is 13.3 Å². The number of primary amides is 1. The van der Waals surface area contributed by atoms with Crippen molar-refractivity contribution in [3.05, 3.63) is 33.8 Å². The number of carbonyl (C=O) groups excluding carboxylic acids is 2. The van der Waals surface area contributed by atoms with Crippen LogP contribution in [0.5, 0.6) is 0 Å². The van der Waals surface area contributed by atoms with Gasteiger partial charge >= 0.3 is 5.97 Å². The van der Waals surface area contributed by atoms with Gasteiger partial charge in [-0.05, 0) is 42.2 Å². The van der Waals surface area contributed by atoms with E-state index in [-0.39, 0.29) is 12.4 Å². The van der Waals surface area contributed by atoms with Gasteiger partial charge in [0, 0.05) is 23.5 Å². The maximum Gasteiger partial charge on any atom is 0.305 e. The number of ether oxygens (including phenoxy) is 1. The minimum atomic E-state index is -0.428. The second-order valence-electron chi connectivity index (χ2n) is 5.74. The average molecular weight is 348 g/mol. The van der Waals surface area contributed by atoms with E-state index >= 15 is 0 Å². The van der Waals surface area contributed by atoms with Crippen molar-refractivity contribution in [3.8, 4) is 11.1 Å². The second kappa shape index (κ2) is 8.15. The third-order valence-corrected chi connectivity index (χ3v) is 4.90. The Hall–Kier alpha value is -2.08. The average Bonchev–Trinajstić information content (AvgIpc) is 3.16. The topological polar surface area (TPSA) is 74.3 Å². The molecule has 130 valence electrons. The molecule has 2 aromatic heterocycles. The smallest absolute Gasteiger partial charge is 0.305 e. The Morgan fingerprint density at radius 3 is 2.67 bits per heavy atom. The summed E-state index contributed by atoms with van der Waals surface area (Å²) in [5.41, 5.74) is 9.93. The Balaban J connectivity index is 2.59. The van der Waals surface area contributed by atoms with Gasteiger partial charge in [-0.2, -0.15) is 11.3 Å². The number of methoxy groups -OCH3 is 1. The molecule has 0 aromatic carbocycles. The van der Waals surface area contributed by atoms with Crippen LogP contribution in [-0.4, -0.2) is 23.6 Å². The van der Waals surface area contributed by atoms with E-state index in [2.05, 4.69) is 11.5 Å². The molecule has 0 atom stereocenters. The molecule has 1 amide bonds. The van der Waals surface area contributed by atoms with Crippen molar-refractivity contribution < 1.29 is 14.3 Å². The van der Waals surface area contributed by atoms with Crippen LogP contribution in [0.15, 0.2) is 16.8 Å². The highest BCUT2D eigenvalue weighted by Gasteiger charge is 2.25. The van der Waals surface area contributed by atoms with Gasteiger partial charge in [0.25, 0.3) is 5.91 Å². The molecule has 24 heavy (non-hydrogen) atoms. The number of rotatable bonds is 8. The van der Waals surface area contributed by atoms with Crippen molar-refractivity contribution >= 4 is 23.2 Å². The van der Waals surface area contributed by atoms with Crippen LogP contribution < -0.4 is 5.73 Å². The zero-order valence-corrected chi connectivity index (χ0v) is 15.2. The Bertz CT molecular complexity index is 717. The molecule has 0 fully saturated rings. The summed E-state index contributed by atoms with van der Waals surface area (Å²) in [6.07, 6.45) is 2.85. The fraction of sp³-hybridized carbons (Fsp3) is 0.444. The predicted octanol–water partition coefficient (Wildman–Crippen LogP) is 3.53. The van der Waals surface area contributed by atoms with Crippen LogP contribution in [-0.2, 0) is 22.5 Å². The van der Waals surface area contributed by atoms with Crippen molar-refractivity contribution in [1.82, 2.24) is 4.57 Å². The predicted molar refractivity (Wildman–Crippen MR) is 96.2 cm³/mol. The summed E-state index contributed by atoms with van der Waals surface area (Å²) in [4.78, 5) is 23.7. The lowest BCUT2D eigenvalue weighted by atomic mass is 10.0. The first-order valence-electron chi connectivity index (χ1n) is 8.12. The lowest BCUT2D eigenvalue weighted by Crippen LogP contribution is -2.13. The molecule has 0 aliphatic carbocycles. The summed E-state index contributed by atoms with van der Waals surface area (Å²) in [6.45, 7) is 4.86. The normalized spacial score (nSPS) is 10.8. The quantitative estimate of drug-likeness (QED) is 0.742. The van der Waals surface area contributed by atoms with E-state index < -0.39 is 5.91 Å². The summed E-state index contributed by atoms with van der Waals surface area (Å²) in [6, 6.07) is 1.98. The molecule has 2 heterocycles. The molecule has 0 radical (unpaired) electrons. The first-order valence-corrected chi connectivity index (χ1v) is 9.06. The number of nitrogens with zero attached hydrogens (tertiary/aromatic N) is 1. The van der Waals surface area contributed by atoms with Crippen molar-refractivity contribution in [2.45, 2.75) is 46.1 Å². The third-order valence-electron chi connectivity index (χ3n) is 4.22. The first kappa shape index (κ1) is 18.3. The molecule has 0 saturated heterocycles. The zero-order valence-electron chi connectivity index (χ0n) is 14.4. The molecule has 0 spiro atoms. The van der Waals surface area contributed by atoms with E-state index in [0.29, 0.717) is 12.0 Å². The first-order chi connectivity index (χ1) is 11.5. The van der Waals surface area contributed by atoms with Gasteiger partial charge < -0.3 is 15.0 Å². The molecule has 5 nitrogen and oxygen atoms in total. The summed E-state index contributed by atoms with van der Waals surface area (Å²) in [5.74, 6) is -0.684. The van der Waals surface area contributed by atoms with Crippen LogP contribution in [0.1, 0.15) is 47.9 Å². The second-order valence-corrected chi connectivity index (χ2v) is 6.52. The maximum absolute atomic E-state index is 12.1. The van der Waals surface area contributed by atoms with Crippen LogP contribution >= 0.6 is 11.3 Å². The zero-order chi connectivity index (χ0) is 17.7. The minimum Gasteiger partial charge on any atom is -0.469 e. The number of nitrogens with two attached hydrogens (primary N) is 1. The number of hydrogen-bond acceptors (Lipinski definition) is 4. The number of thiophene rings is 1. The minimum absolute atomic E-state index is 0.257. The number of carbonyl (C=O) groups is 2. The lowest BCUT2D eigenvalue weighted by molar-refractivity contribution is -0.140. The highest BCUT2D eigenvalue weighted by Crippen LogP contribution is 2.35. The van der Waals surface area contributed by atoms with Gasteiger partial charge in [-0.25, -0.2) is 0 Å². The summed E-state index contributed by atoms with van der Waals surface area (Å²) in [5, 5.41) is 3.98. The molecule has 2 N–H and O–H groups in total. The highest BCUT2D eigenvalue weighted by molar-refractivity contribution is 7.08. The van der Waals surface area contributed by atoms with Crippen LogP contribution in [0.25, 0.3) is 11.1 Å². The molecule has 0 aliphatic rings. The van der Waals surface area contributed by atoms with Gasteiger partial charge in [0.05, 0.1) is 19.1 Å². The van der Waals surface area contributed by atoms with Gasteiger partial charge in [0.15, 0.2) is 0 Å². The number of aromatic nitrogens is 1. The summed E-state index contributed by atoms with van der Waals surface area (Å²) in [7, 11) is 1.39. The Morgan fingerprint density at radius 2 is 2.12 bits per heavy atom. The van der Waals surface area contributed by atoms with E-state index in [9.17, 15) is 9.59 Å². The molecule has 2 rings (SSSR count). The maximum atomic E-state index is 12.1. The van der Waals surface area contributed by atoms with Crippen LogP contribution in [0.3, 0.4) is 0 Å². The molecule has 0 aliphatic heterocycles. The van der Waals surface area contributed by atoms with E-state index in [1.165, 1.54) is 7.11 Å². The molecule has 6 heteroatoms. The van der Waals surface area contributed by atoms with E-state index in [1.54, 1.807) is 11.3 Å². The van der Waals surface area contributed by atoms with Gasteiger partial charge in [0.1, 0.15) is 0 Å². The fourth-order valence-corrected chi connectivity index (χ4v) is 3.66. The van der Waals surface area contributed by atoms with E-state index in [1.807, 2.05) is 23.8 Å². The number of hydrogen-bond donors (Lipinski definition) is 1. The molecule has 0 bridgehead atoms. The SMILES string of the molecule is CCCCn1c(C)c(C(N)=O)c(-c2ccsc2)c1CCC(=O)OC. The molecule has 0 saturated carbocycles. The van der Waals surface area contributed by atoms with Gasteiger partial charge in [-0.3, -0.25) is 9.59 Å². The highest BCUT2D eigenvalue weighted by atomic mass is 32.1. The van der Waals surface area contributed by atoms with Crippen molar-refractivity contribution in [1.29, 1.82) is 0 Å². The third kappa shape index (κ3) is 3.70. The Labute approximate surface area is 146 Å². The number of esters is 1. The van der Waals surface area contributed by atoms with E-state index in [4.69, 9.17) is 10.5 Å². The van der Waals surface area contributed by atoms with E-state index in [0.717, 1.165) is 41.9 Å². The van der Waals surface area contributed by atoms with Gasteiger partial charge in [0.2, 0.25) is 0 Å².